The minimum Gasteiger partial charge on any atom is -0.512 e. The number of aromatic hydroxyl groups is 1. The van der Waals surface area contributed by atoms with Crippen LogP contribution in [0.5, 0.6) is 5.75 Å². The fourth-order valence-electron chi connectivity index (χ4n) is 3.94. The van der Waals surface area contributed by atoms with Gasteiger partial charge < -0.3 is 14.2 Å². The molecule has 6 rings (SSSR count). The lowest BCUT2D eigenvalue weighted by Crippen LogP contribution is -2.28. The SMILES string of the molecule is Oc1ccccc1-n1[c-][n+](-c2ccc(-n3c4ccccc4c4cccnc43)[nH]2)cc1. The number of H-pyrrole nitrogens is 1. The number of nitrogens with zero attached hydrogens (tertiary/aromatic N) is 4. The first kappa shape index (κ1) is 16.6. The molecule has 0 aliphatic heterocycles. The molecule has 30 heavy (non-hydrogen) atoms. The van der Waals surface area contributed by atoms with E-state index in [1.54, 1.807) is 16.7 Å². The molecular weight excluding hydrogens is 374 g/mol. The van der Waals surface area contributed by atoms with Gasteiger partial charge in [0.25, 0.3) is 0 Å². The van der Waals surface area contributed by atoms with E-state index in [0.717, 1.165) is 28.2 Å². The van der Waals surface area contributed by atoms with Crippen LogP contribution in [-0.2, 0) is 0 Å². The van der Waals surface area contributed by atoms with E-state index in [4.69, 9.17) is 0 Å². The Morgan fingerprint density at radius 3 is 2.67 bits per heavy atom. The molecule has 0 unspecified atom stereocenters. The zero-order valence-electron chi connectivity index (χ0n) is 15.9. The minimum absolute atomic E-state index is 0.208. The number of aromatic nitrogens is 5. The van der Waals surface area contributed by atoms with Crippen molar-refractivity contribution in [2.24, 2.45) is 0 Å². The lowest BCUT2D eigenvalue weighted by atomic mass is 10.2. The number of hydrogen-bond acceptors (Lipinski definition) is 2. The Hall–Kier alpha value is -4.32. The number of aromatic amines is 1. The third kappa shape index (κ3) is 2.44. The average molecular weight is 391 g/mol. The van der Waals surface area contributed by atoms with Gasteiger partial charge in [-0.15, -0.1) is 0 Å². The Labute approximate surface area is 171 Å². The van der Waals surface area contributed by atoms with Crippen molar-refractivity contribution in [3.05, 3.63) is 97.7 Å². The second-order valence-corrected chi connectivity index (χ2v) is 7.08. The van der Waals surface area contributed by atoms with Crippen molar-refractivity contribution in [2.45, 2.75) is 0 Å². The van der Waals surface area contributed by atoms with E-state index in [1.165, 1.54) is 5.39 Å². The van der Waals surface area contributed by atoms with E-state index >= 15 is 0 Å². The van der Waals surface area contributed by atoms with Crippen LogP contribution in [-0.4, -0.2) is 24.2 Å². The summed E-state index contributed by atoms with van der Waals surface area (Å²) >= 11 is 0. The normalized spacial score (nSPS) is 11.5. The molecule has 2 aromatic carbocycles. The van der Waals surface area contributed by atoms with E-state index in [0.29, 0.717) is 5.69 Å². The number of phenolic OH excluding ortho intramolecular Hbond substituents is 1. The van der Waals surface area contributed by atoms with Crippen LogP contribution in [0.25, 0.3) is 39.3 Å². The van der Waals surface area contributed by atoms with Crippen LogP contribution in [0.4, 0.5) is 0 Å². The largest absolute Gasteiger partial charge is 0.512 e. The summed E-state index contributed by atoms with van der Waals surface area (Å²) in [7, 11) is 0. The molecule has 6 aromatic rings. The van der Waals surface area contributed by atoms with Gasteiger partial charge in [0.05, 0.1) is 11.2 Å². The third-order valence-corrected chi connectivity index (χ3v) is 5.31. The van der Waals surface area contributed by atoms with Crippen molar-refractivity contribution in [1.29, 1.82) is 0 Å². The summed E-state index contributed by atoms with van der Waals surface area (Å²) in [6.45, 7) is 0. The van der Waals surface area contributed by atoms with Gasteiger partial charge in [0, 0.05) is 29.4 Å². The zero-order chi connectivity index (χ0) is 20.1. The van der Waals surface area contributed by atoms with Gasteiger partial charge in [-0.2, -0.15) is 0 Å². The second kappa shape index (κ2) is 6.35. The van der Waals surface area contributed by atoms with Crippen LogP contribution < -0.4 is 4.57 Å². The number of benzene rings is 2. The molecular formula is C24H17N5O. The predicted octanol–water partition coefficient (Wildman–Crippen LogP) is 4.08. The third-order valence-electron chi connectivity index (χ3n) is 5.31. The van der Waals surface area contributed by atoms with Crippen LogP contribution in [0.1, 0.15) is 0 Å². The maximum absolute atomic E-state index is 10.1. The summed E-state index contributed by atoms with van der Waals surface area (Å²) in [5.41, 5.74) is 2.68. The van der Waals surface area contributed by atoms with Crippen molar-refractivity contribution in [1.82, 2.24) is 19.1 Å². The first-order valence-corrected chi connectivity index (χ1v) is 9.64. The molecule has 2 N–H and O–H groups in total. The van der Waals surface area contributed by atoms with Gasteiger partial charge in [-0.05, 0) is 36.4 Å². The first-order chi connectivity index (χ1) is 14.8. The quantitative estimate of drug-likeness (QED) is 0.353. The highest BCUT2D eigenvalue weighted by molar-refractivity contribution is 6.07. The molecule has 4 aromatic heterocycles. The van der Waals surface area contributed by atoms with Gasteiger partial charge in [0.1, 0.15) is 11.4 Å². The molecule has 144 valence electrons. The molecule has 0 aliphatic carbocycles. The molecule has 0 saturated heterocycles. The van der Waals surface area contributed by atoms with Gasteiger partial charge in [-0.1, -0.05) is 36.4 Å². The molecule has 0 bridgehead atoms. The first-order valence-electron chi connectivity index (χ1n) is 9.64. The second-order valence-electron chi connectivity index (χ2n) is 7.08. The predicted molar refractivity (Wildman–Crippen MR) is 114 cm³/mol. The topological polar surface area (TPSA) is 62.6 Å². The molecule has 0 amide bonds. The number of hydrogen-bond donors (Lipinski definition) is 2. The van der Waals surface area contributed by atoms with Gasteiger partial charge in [0.15, 0.2) is 18.0 Å². The summed E-state index contributed by atoms with van der Waals surface area (Å²) in [5, 5.41) is 12.4. The van der Waals surface area contributed by atoms with E-state index in [-0.39, 0.29) is 5.75 Å². The Bertz CT molecular complexity index is 1470. The van der Waals surface area contributed by atoms with Gasteiger partial charge in [0.2, 0.25) is 0 Å². The summed E-state index contributed by atoms with van der Waals surface area (Å²) in [5.74, 6) is 1.99. The Balaban J connectivity index is 1.47. The Morgan fingerprint density at radius 2 is 1.73 bits per heavy atom. The minimum atomic E-state index is 0.208. The number of para-hydroxylation sites is 3. The van der Waals surface area contributed by atoms with Gasteiger partial charge in [-0.25, -0.2) is 4.98 Å². The molecule has 0 fully saturated rings. The van der Waals surface area contributed by atoms with Crippen LogP contribution in [0.15, 0.2) is 91.4 Å². The summed E-state index contributed by atoms with van der Waals surface area (Å²) in [6.07, 6.45) is 8.81. The number of phenols is 1. The fourth-order valence-corrected chi connectivity index (χ4v) is 3.94. The van der Waals surface area contributed by atoms with Crippen LogP contribution in [0.2, 0.25) is 0 Å². The molecule has 6 heteroatoms. The molecule has 4 heterocycles. The Morgan fingerprint density at radius 1 is 0.900 bits per heavy atom. The monoisotopic (exact) mass is 391 g/mol. The average Bonchev–Trinajstić information content (AvgIpc) is 3.51. The van der Waals surface area contributed by atoms with Crippen molar-refractivity contribution < 1.29 is 9.67 Å². The van der Waals surface area contributed by atoms with Crippen LogP contribution >= 0.6 is 0 Å². The molecule has 0 radical (unpaired) electrons. The highest BCUT2D eigenvalue weighted by atomic mass is 16.3. The summed E-state index contributed by atoms with van der Waals surface area (Å²) in [6, 6.07) is 23.6. The van der Waals surface area contributed by atoms with Crippen LogP contribution in [0, 0.1) is 6.33 Å². The molecule has 0 spiro atoms. The Kier molecular flexibility index (Phi) is 3.52. The summed E-state index contributed by atoms with van der Waals surface area (Å²) in [4.78, 5) is 8.10. The van der Waals surface area contributed by atoms with E-state index in [2.05, 4.69) is 39.1 Å². The van der Waals surface area contributed by atoms with Crippen molar-refractivity contribution in [2.75, 3.05) is 0 Å². The maximum atomic E-state index is 10.1. The van der Waals surface area contributed by atoms with E-state index in [9.17, 15) is 5.11 Å². The van der Waals surface area contributed by atoms with E-state index < -0.39 is 0 Å². The highest BCUT2D eigenvalue weighted by Gasteiger charge is 2.15. The molecule has 6 nitrogen and oxygen atoms in total. The molecule has 0 aliphatic rings. The van der Waals surface area contributed by atoms with Crippen molar-refractivity contribution in [3.8, 4) is 23.1 Å². The zero-order valence-corrected chi connectivity index (χ0v) is 15.9. The smallest absolute Gasteiger partial charge is 0.197 e. The number of imidazole rings is 1. The van der Waals surface area contributed by atoms with E-state index in [1.807, 2.05) is 65.6 Å². The highest BCUT2D eigenvalue weighted by Crippen LogP contribution is 2.30. The standard InChI is InChI=1S/C24H17N5O/c30-21-10-4-3-9-20(21)27-14-15-28(16-27)22-11-12-23(26-22)29-19-8-2-1-6-17(19)18-7-5-13-25-24(18)29/h1-15,26,30H. The number of nitrogens with one attached hydrogen (secondary N) is 1. The van der Waals surface area contributed by atoms with Gasteiger partial charge >= 0.3 is 0 Å². The summed E-state index contributed by atoms with van der Waals surface area (Å²) < 4.78 is 5.75. The fraction of sp³-hybridized carbons (Fsp3) is 0. The lowest BCUT2D eigenvalue weighted by molar-refractivity contribution is -0.602. The molecule has 0 atom stereocenters. The maximum Gasteiger partial charge on any atom is 0.197 e. The number of fused-ring (bicyclic) bond motifs is 3. The van der Waals surface area contributed by atoms with Crippen molar-refractivity contribution in [3.63, 3.8) is 0 Å². The van der Waals surface area contributed by atoms with Gasteiger partial charge in [-0.3, -0.25) is 9.55 Å². The number of pyridine rings is 1. The van der Waals surface area contributed by atoms with Crippen molar-refractivity contribution >= 4 is 21.9 Å². The number of rotatable bonds is 3. The van der Waals surface area contributed by atoms with Crippen LogP contribution in [0.3, 0.4) is 0 Å². The lowest BCUT2D eigenvalue weighted by Gasteiger charge is -2.05. The molecule has 0 saturated carbocycles.